The Hall–Kier alpha value is -6.90. The van der Waals surface area contributed by atoms with Crippen LogP contribution in [0.1, 0.15) is 0 Å². The van der Waals surface area contributed by atoms with Crippen LogP contribution in [0.3, 0.4) is 0 Å². The summed E-state index contributed by atoms with van der Waals surface area (Å²) in [6, 6.07) is 71.0. The summed E-state index contributed by atoms with van der Waals surface area (Å²) in [4.78, 5) is 0. The summed E-state index contributed by atoms with van der Waals surface area (Å²) in [7, 11) is 0. The van der Waals surface area contributed by atoms with Crippen molar-refractivity contribution in [1.82, 2.24) is 9.13 Å². The molecule has 0 fully saturated rings. The lowest BCUT2D eigenvalue weighted by Crippen LogP contribution is -1.96. The van der Waals surface area contributed by atoms with Crippen LogP contribution >= 0.6 is 0 Å². The van der Waals surface area contributed by atoms with Crippen molar-refractivity contribution in [2.45, 2.75) is 0 Å². The molecular weight excluding hydrogens is 629 g/mol. The molecule has 52 heavy (non-hydrogen) atoms. The summed E-state index contributed by atoms with van der Waals surface area (Å²) >= 11 is 0. The molecule has 0 spiro atoms. The summed E-state index contributed by atoms with van der Waals surface area (Å²) in [5, 5.41) is 9.98. The molecule has 2 nitrogen and oxygen atoms in total. The largest absolute Gasteiger partial charge is 0.309 e. The number of aromatic nitrogens is 2. The van der Waals surface area contributed by atoms with E-state index >= 15 is 0 Å². The average Bonchev–Trinajstić information content (AvgIpc) is 3.73. The third-order valence-corrected chi connectivity index (χ3v) is 10.9. The predicted octanol–water partition coefficient (Wildman–Crippen LogP) is 13.5. The van der Waals surface area contributed by atoms with Gasteiger partial charge in [0.05, 0.1) is 33.4 Å². The lowest BCUT2D eigenvalue weighted by atomic mass is 9.99. The number of nitrogens with zero attached hydrogens (tertiary/aromatic N) is 2. The van der Waals surface area contributed by atoms with Gasteiger partial charge in [-0.3, -0.25) is 0 Å². The number of hydrogen-bond acceptors (Lipinski definition) is 0. The van der Waals surface area contributed by atoms with Crippen molar-refractivity contribution in [2.24, 2.45) is 0 Å². The minimum Gasteiger partial charge on any atom is -0.309 e. The van der Waals surface area contributed by atoms with Crippen LogP contribution in [0.25, 0.3) is 98.8 Å². The van der Waals surface area contributed by atoms with E-state index in [-0.39, 0.29) is 0 Å². The van der Waals surface area contributed by atoms with Gasteiger partial charge >= 0.3 is 0 Å². The van der Waals surface area contributed by atoms with Crippen LogP contribution in [0.2, 0.25) is 0 Å². The molecule has 11 rings (SSSR count). The molecule has 0 saturated carbocycles. The molecule has 0 amide bonds. The highest BCUT2D eigenvalue weighted by molar-refractivity contribution is 6.30. The Balaban J connectivity index is 1.35. The number of rotatable bonds is 4. The molecule has 11 aromatic rings. The first-order valence-electron chi connectivity index (χ1n) is 17.9. The number of benzene rings is 9. The van der Waals surface area contributed by atoms with Crippen molar-refractivity contribution in [1.29, 1.82) is 0 Å². The average molecular weight is 661 g/mol. The lowest BCUT2D eigenvalue weighted by Gasteiger charge is -2.13. The van der Waals surface area contributed by atoms with Crippen LogP contribution in [-0.4, -0.2) is 9.13 Å². The maximum atomic E-state index is 2.49. The first-order valence-corrected chi connectivity index (χ1v) is 17.9. The van der Waals surface area contributed by atoms with Crippen molar-refractivity contribution in [3.8, 4) is 33.6 Å². The van der Waals surface area contributed by atoms with Gasteiger partial charge in [0.15, 0.2) is 0 Å². The molecule has 0 unspecified atom stereocenters. The van der Waals surface area contributed by atoms with E-state index in [9.17, 15) is 0 Å². The zero-order valence-corrected chi connectivity index (χ0v) is 28.4. The topological polar surface area (TPSA) is 9.86 Å². The molecule has 0 N–H and O–H groups in total. The van der Waals surface area contributed by atoms with Gasteiger partial charge in [-0.2, -0.15) is 0 Å². The predicted molar refractivity (Wildman–Crippen MR) is 221 cm³/mol. The van der Waals surface area contributed by atoms with Crippen molar-refractivity contribution in [3.05, 3.63) is 194 Å². The zero-order valence-electron chi connectivity index (χ0n) is 28.4. The van der Waals surface area contributed by atoms with Crippen molar-refractivity contribution >= 4 is 65.2 Å². The Morgan fingerprint density at radius 2 is 0.635 bits per heavy atom. The molecule has 0 saturated heterocycles. The molecule has 0 bridgehead atoms. The van der Waals surface area contributed by atoms with Crippen LogP contribution in [0, 0.1) is 0 Å². The van der Waals surface area contributed by atoms with Crippen LogP contribution in [0.5, 0.6) is 0 Å². The quantitative estimate of drug-likeness (QED) is 0.178. The van der Waals surface area contributed by atoms with Crippen molar-refractivity contribution in [3.63, 3.8) is 0 Å². The summed E-state index contributed by atoms with van der Waals surface area (Å²) in [6.07, 6.45) is 0. The Bertz CT molecular complexity index is 2940. The smallest absolute Gasteiger partial charge is 0.0549 e. The SMILES string of the molecule is c1ccc(-c2ccc3c(c2)c2c4c5cc(-c6ccccc6)ccc5n(-c5cccc6ccccc56)c4ccc2n3-c2cccc3ccccc23)cc1. The van der Waals surface area contributed by atoms with Crippen LogP contribution in [-0.2, 0) is 0 Å². The minimum atomic E-state index is 1.19. The third kappa shape index (κ3) is 4.25. The summed E-state index contributed by atoms with van der Waals surface area (Å²) < 4.78 is 4.98. The molecule has 0 radical (unpaired) electrons. The Morgan fingerprint density at radius 3 is 1.10 bits per heavy atom. The van der Waals surface area contributed by atoms with Crippen LogP contribution in [0.4, 0.5) is 0 Å². The van der Waals surface area contributed by atoms with Crippen molar-refractivity contribution in [2.75, 3.05) is 0 Å². The first-order chi connectivity index (χ1) is 25.8. The summed E-state index contributed by atoms with van der Waals surface area (Å²) in [6.45, 7) is 0. The van der Waals surface area contributed by atoms with Crippen LogP contribution < -0.4 is 0 Å². The van der Waals surface area contributed by atoms with Gasteiger partial charge in [0.2, 0.25) is 0 Å². The highest BCUT2D eigenvalue weighted by atomic mass is 15.0. The summed E-state index contributed by atoms with van der Waals surface area (Å²) in [5.74, 6) is 0. The molecule has 9 aromatic carbocycles. The van der Waals surface area contributed by atoms with E-state index in [0.717, 1.165) is 0 Å². The highest BCUT2D eigenvalue weighted by Crippen LogP contribution is 2.45. The van der Waals surface area contributed by atoms with Gasteiger partial charge in [-0.25, -0.2) is 0 Å². The van der Waals surface area contributed by atoms with Crippen molar-refractivity contribution < 1.29 is 0 Å². The van der Waals surface area contributed by atoms with E-state index < -0.39 is 0 Å². The maximum absolute atomic E-state index is 2.49. The first kappa shape index (κ1) is 28.9. The Morgan fingerprint density at radius 1 is 0.250 bits per heavy atom. The second kappa shape index (κ2) is 11.3. The standard InChI is InChI=1S/C50H32N2/c1-3-13-33(14-4-1)37-25-27-45-41(31-37)49-47(51(45)43-23-11-19-35-17-7-9-21-39(35)43)29-30-48-50(49)42-32-38(34-15-5-2-6-16-34)26-28-46(42)52(48)44-24-12-20-36-18-8-10-22-40(36)44/h1-32H. The molecule has 0 aliphatic carbocycles. The second-order valence-electron chi connectivity index (χ2n) is 13.7. The Kier molecular flexibility index (Phi) is 6.28. The zero-order chi connectivity index (χ0) is 34.2. The van der Waals surface area contributed by atoms with Gasteiger partial charge in [-0.1, -0.05) is 146 Å². The fraction of sp³-hybridized carbons (Fsp3) is 0. The van der Waals surface area contributed by atoms with E-state index in [0.29, 0.717) is 0 Å². The summed E-state index contributed by atoms with van der Waals surface area (Å²) in [5.41, 5.74) is 12.0. The van der Waals surface area contributed by atoms with E-state index in [4.69, 9.17) is 0 Å². The molecule has 0 aliphatic rings. The maximum Gasteiger partial charge on any atom is 0.0549 e. The fourth-order valence-electron chi connectivity index (χ4n) is 8.57. The van der Waals surface area contributed by atoms with Gasteiger partial charge in [0.25, 0.3) is 0 Å². The molecule has 0 aliphatic heterocycles. The monoisotopic (exact) mass is 660 g/mol. The minimum absolute atomic E-state index is 1.19. The molecule has 2 aromatic heterocycles. The molecule has 2 heterocycles. The van der Waals surface area contributed by atoms with Crippen LogP contribution in [0.15, 0.2) is 194 Å². The highest BCUT2D eigenvalue weighted by Gasteiger charge is 2.23. The Labute approximate surface area is 301 Å². The van der Waals surface area contributed by atoms with Gasteiger partial charge in [0.1, 0.15) is 0 Å². The molecular formula is C50H32N2. The van der Waals surface area contributed by atoms with Gasteiger partial charge < -0.3 is 9.13 Å². The van der Waals surface area contributed by atoms with Gasteiger partial charge in [-0.15, -0.1) is 0 Å². The normalized spacial score (nSPS) is 11.8. The van der Waals surface area contributed by atoms with E-state index in [1.807, 2.05) is 0 Å². The third-order valence-electron chi connectivity index (χ3n) is 10.9. The van der Waals surface area contributed by atoms with E-state index in [1.165, 1.54) is 98.8 Å². The number of hydrogen-bond donors (Lipinski definition) is 0. The van der Waals surface area contributed by atoms with E-state index in [1.54, 1.807) is 0 Å². The fourth-order valence-corrected chi connectivity index (χ4v) is 8.57. The molecule has 2 heteroatoms. The lowest BCUT2D eigenvalue weighted by molar-refractivity contribution is 1.19. The second-order valence-corrected chi connectivity index (χ2v) is 13.7. The molecule has 242 valence electrons. The number of fused-ring (bicyclic) bond motifs is 9. The van der Waals surface area contributed by atoms with Gasteiger partial charge in [0, 0.05) is 32.3 Å². The molecule has 0 atom stereocenters. The van der Waals surface area contributed by atoms with Gasteiger partial charge in [-0.05, 0) is 81.6 Å². The van der Waals surface area contributed by atoms with E-state index in [2.05, 4.69) is 203 Å².